The van der Waals surface area contributed by atoms with Gasteiger partial charge in [-0.15, -0.1) is 0 Å². The van der Waals surface area contributed by atoms with Gasteiger partial charge in [0.1, 0.15) is 0 Å². The molecule has 0 saturated heterocycles. The predicted molar refractivity (Wildman–Crippen MR) is 56.0 cm³/mol. The van der Waals surface area contributed by atoms with Crippen LogP contribution in [0.1, 0.15) is 38.5 Å². The Hall–Kier alpha value is -0.295. The van der Waals surface area contributed by atoms with Gasteiger partial charge in [-0.3, -0.25) is 0 Å². The molecule has 0 radical (unpaired) electrons. The van der Waals surface area contributed by atoms with Gasteiger partial charge < -0.3 is 28.7 Å². The van der Waals surface area contributed by atoms with Gasteiger partial charge in [0.05, 0.1) is 0 Å². The van der Waals surface area contributed by atoms with Crippen LogP contribution in [0, 0.1) is 0 Å². The Balaban J connectivity index is 0. The number of unbranched alkanes of at least 4 members (excludes halogenated alkanes) is 5. The number of halogens is 4. The highest BCUT2D eigenvalue weighted by molar-refractivity contribution is 6.50. The molecule has 0 saturated carbocycles. The molecule has 0 aromatic carbocycles. The van der Waals surface area contributed by atoms with Crippen LogP contribution in [0.5, 0.6) is 0 Å². The van der Waals surface area contributed by atoms with E-state index in [1.807, 2.05) is 0 Å². The first kappa shape index (κ1) is 17.1. The van der Waals surface area contributed by atoms with Crippen molar-refractivity contribution in [3.05, 3.63) is 0 Å². The normalized spacial score (nSPS) is 10.8. The molecule has 4 N–H and O–H groups in total. The van der Waals surface area contributed by atoms with Crippen molar-refractivity contribution in [1.29, 1.82) is 0 Å². The average Bonchev–Trinajstić information content (AvgIpc) is 2.08. The molecule has 0 aromatic heterocycles. The molecule has 7 heteroatoms. The van der Waals surface area contributed by atoms with E-state index in [1.54, 1.807) is 0 Å². The quantitative estimate of drug-likeness (QED) is 0.402. The van der Waals surface area contributed by atoms with Crippen LogP contribution in [0.3, 0.4) is 0 Å². The van der Waals surface area contributed by atoms with Crippen LogP contribution in [0.2, 0.25) is 0 Å². The molecule has 0 rings (SSSR count). The van der Waals surface area contributed by atoms with Crippen LogP contribution >= 0.6 is 0 Å². The summed E-state index contributed by atoms with van der Waals surface area (Å²) >= 11 is 0. The van der Waals surface area contributed by atoms with Gasteiger partial charge in [0.25, 0.3) is 0 Å². The average molecular weight is 231 g/mol. The van der Waals surface area contributed by atoms with Gasteiger partial charge in [-0.2, -0.15) is 0 Å². The lowest BCUT2D eigenvalue weighted by Crippen LogP contribution is -2.02. The molecule has 0 bridgehead atoms. The maximum Gasteiger partial charge on any atom is 0.673 e. The van der Waals surface area contributed by atoms with Gasteiger partial charge in [0.2, 0.25) is 0 Å². The third-order valence-corrected chi connectivity index (χ3v) is 1.66. The Morgan fingerprint density at radius 2 is 0.800 bits per heavy atom. The summed E-state index contributed by atoms with van der Waals surface area (Å²) < 4.78 is 39.0. The minimum absolute atomic E-state index is 0.844. The first-order valence-electron chi connectivity index (χ1n) is 5.19. The molecular weight excluding hydrogens is 211 g/mol. The van der Waals surface area contributed by atoms with E-state index in [1.165, 1.54) is 38.5 Å². The molecular formula is C8H20BF4N2-. The van der Waals surface area contributed by atoms with Gasteiger partial charge >= 0.3 is 7.25 Å². The second-order valence-corrected chi connectivity index (χ2v) is 3.19. The monoisotopic (exact) mass is 231 g/mol. The molecule has 94 valence electrons. The van der Waals surface area contributed by atoms with Crippen LogP contribution < -0.4 is 11.5 Å². The van der Waals surface area contributed by atoms with Crippen LogP contribution in [0.25, 0.3) is 0 Å². The van der Waals surface area contributed by atoms with E-state index in [2.05, 4.69) is 0 Å². The Kier molecular flexibility index (Phi) is 13.4. The molecule has 0 aliphatic carbocycles. The van der Waals surface area contributed by atoms with Crippen LogP contribution in [0.4, 0.5) is 17.3 Å². The van der Waals surface area contributed by atoms with Crippen molar-refractivity contribution in [1.82, 2.24) is 0 Å². The van der Waals surface area contributed by atoms with Crippen molar-refractivity contribution in [2.45, 2.75) is 38.5 Å². The van der Waals surface area contributed by atoms with E-state index in [9.17, 15) is 17.3 Å². The number of rotatable bonds is 7. The fourth-order valence-corrected chi connectivity index (χ4v) is 0.996. The van der Waals surface area contributed by atoms with E-state index < -0.39 is 7.25 Å². The first-order valence-corrected chi connectivity index (χ1v) is 5.19. The SMILES string of the molecule is F[B-](F)(F)F.NCCCCCCCCN. The highest BCUT2D eigenvalue weighted by Crippen LogP contribution is 2.06. The van der Waals surface area contributed by atoms with Crippen molar-refractivity contribution >= 4 is 7.25 Å². The summed E-state index contributed by atoms with van der Waals surface area (Å²) in [6.45, 7) is 1.69. The second kappa shape index (κ2) is 11.8. The smallest absolute Gasteiger partial charge is 0.418 e. The van der Waals surface area contributed by atoms with E-state index >= 15 is 0 Å². The van der Waals surface area contributed by atoms with Crippen molar-refractivity contribution in [2.75, 3.05) is 13.1 Å². The van der Waals surface area contributed by atoms with Crippen LogP contribution in [-0.4, -0.2) is 20.3 Å². The summed E-state index contributed by atoms with van der Waals surface area (Å²) in [7, 11) is -6.00. The molecule has 2 nitrogen and oxygen atoms in total. The molecule has 0 atom stereocenters. The topological polar surface area (TPSA) is 52.0 Å². The lowest BCUT2D eigenvalue weighted by molar-refractivity contribution is 0.368. The minimum atomic E-state index is -6.00. The Labute approximate surface area is 88.5 Å². The van der Waals surface area contributed by atoms with E-state index in [0.717, 1.165) is 13.1 Å². The van der Waals surface area contributed by atoms with Gasteiger partial charge in [0.15, 0.2) is 0 Å². The summed E-state index contributed by atoms with van der Waals surface area (Å²) in [5, 5.41) is 0. The standard InChI is InChI=1S/C8H20N2.BF4/c9-7-5-3-1-2-4-6-8-10;2-1(3,4)5/h1-10H2;/q;-1. The van der Waals surface area contributed by atoms with Gasteiger partial charge in [-0.25, -0.2) is 0 Å². The number of hydrogen-bond donors (Lipinski definition) is 2. The van der Waals surface area contributed by atoms with Crippen LogP contribution in [0.15, 0.2) is 0 Å². The summed E-state index contributed by atoms with van der Waals surface area (Å²) in [6, 6.07) is 0. The summed E-state index contributed by atoms with van der Waals surface area (Å²) in [4.78, 5) is 0. The Morgan fingerprint density at radius 3 is 1.00 bits per heavy atom. The van der Waals surface area contributed by atoms with E-state index in [-0.39, 0.29) is 0 Å². The zero-order valence-electron chi connectivity index (χ0n) is 8.90. The van der Waals surface area contributed by atoms with Crippen LogP contribution in [-0.2, 0) is 0 Å². The third kappa shape index (κ3) is 41.8. The molecule has 0 fully saturated rings. The Bertz CT molecular complexity index is 108. The zero-order valence-corrected chi connectivity index (χ0v) is 8.90. The molecule has 0 spiro atoms. The van der Waals surface area contributed by atoms with Crippen molar-refractivity contribution in [3.8, 4) is 0 Å². The van der Waals surface area contributed by atoms with Gasteiger partial charge in [-0.05, 0) is 25.9 Å². The zero-order chi connectivity index (χ0) is 12.2. The lowest BCUT2D eigenvalue weighted by Gasteiger charge is -1.97. The van der Waals surface area contributed by atoms with E-state index in [4.69, 9.17) is 11.5 Å². The van der Waals surface area contributed by atoms with Gasteiger partial charge in [0, 0.05) is 0 Å². The molecule has 0 aromatic rings. The predicted octanol–water partition coefficient (Wildman–Crippen LogP) is 2.54. The highest BCUT2D eigenvalue weighted by Gasteiger charge is 2.20. The molecule has 0 aliphatic rings. The van der Waals surface area contributed by atoms with Crippen molar-refractivity contribution in [3.63, 3.8) is 0 Å². The minimum Gasteiger partial charge on any atom is -0.418 e. The lowest BCUT2D eigenvalue weighted by atomic mass is 10.1. The van der Waals surface area contributed by atoms with Crippen molar-refractivity contribution in [2.24, 2.45) is 11.5 Å². The highest BCUT2D eigenvalue weighted by atomic mass is 19.5. The van der Waals surface area contributed by atoms with Gasteiger partial charge in [-0.1, -0.05) is 25.7 Å². The second-order valence-electron chi connectivity index (χ2n) is 3.19. The molecule has 0 aliphatic heterocycles. The summed E-state index contributed by atoms with van der Waals surface area (Å²) in [5.41, 5.74) is 10.7. The molecule has 0 unspecified atom stereocenters. The molecule has 0 heterocycles. The molecule has 15 heavy (non-hydrogen) atoms. The fourth-order valence-electron chi connectivity index (χ4n) is 0.996. The van der Waals surface area contributed by atoms with E-state index in [0.29, 0.717) is 0 Å². The third-order valence-electron chi connectivity index (χ3n) is 1.66. The molecule has 0 amide bonds. The maximum atomic E-state index is 9.75. The summed E-state index contributed by atoms with van der Waals surface area (Å²) in [5.74, 6) is 0. The fraction of sp³-hybridized carbons (Fsp3) is 1.00. The van der Waals surface area contributed by atoms with Crippen molar-refractivity contribution < 1.29 is 17.3 Å². The Morgan fingerprint density at radius 1 is 0.600 bits per heavy atom. The first-order chi connectivity index (χ1) is 6.91. The largest absolute Gasteiger partial charge is 0.673 e. The summed E-state index contributed by atoms with van der Waals surface area (Å²) in [6.07, 6.45) is 7.61. The number of hydrogen-bond acceptors (Lipinski definition) is 2. The maximum absolute atomic E-state index is 9.75. The number of nitrogens with two attached hydrogens (primary N) is 2.